The Balaban J connectivity index is 1.46. The number of nitrogens with one attached hydrogen (secondary N) is 1. The van der Waals surface area contributed by atoms with Gasteiger partial charge in [0.05, 0.1) is 0 Å². The van der Waals surface area contributed by atoms with Crippen molar-refractivity contribution in [3.05, 3.63) is 17.8 Å². The van der Waals surface area contributed by atoms with E-state index in [0.717, 1.165) is 30.5 Å². The zero-order valence-corrected chi connectivity index (χ0v) is 16.0. The summed E-state index contributed by atoms with van der Waals surface area (Å²) < 4.78 is 0. The summed E-state index contributed by atoms with van der Waals surface area (Å²) in [7, 11) is 0. The zero-order chi connectivity index (χ0) is 17.5. The average Bonchev–Trinajstić information content (AvgIpc) is 3.09. The SMILES string of the molecule is CCCCNc1cc(N)nc(CC2CCC(CN3CCCC3)CC2)c1. The van der Waals surface area contributed by atoms with Crippen LogP contribution in [0.3, 0.4) is 0 Å². The van der Waals surface area contributed by atoms with Gasteiger partial charge in [-0.3, -0.25) is 0 Å². The zero-order valence-electron chi connectivity index (χ0n) is 16.0. The summed E-state index contributed by atoms with van der Waals surface area (Å²) in [6.07, 6.45) is 11.8. The van der Waals surface area contributed by atoms with Crippen LogP contribution >= 0.6 is 0 Å². The van der Waals surface area contributed by atoms with Gasteiger partial charge in [-0.25, -0.2) is 4.98 Å². The molecule has 2 fully saturated rings. The number of pyridine rings is 1. The van der Waals surface area contributed by atoms with Gasteiger partial charge < -0.3 is 16.0 Å². The van der Waals surface area contributed by atoms with Crippen molar-refractivity contribution < 1.29 is 0 Å². The summed E-state index contributed by atoms with van der Waals surface area (Å²) in [5, 5.41) is 3.49. The Labute approximate surface area is 153 Å². The third kappa shape index (κ3) is 5.88. The summed E-state index contributed by atoms with van der Waals surface area (Å²) in [4.78, 5) is 7.27. The molecule has 1 saturated carbocycles. The fourth-order valence-corrected chi connectivity index (χ4v) is 4.47. The molecule has 0 radical (unpaired) electrons. The molecule has 1 saturated heterocycles. The summed E-state index contributed by atoms with van der Waals surface area (Å²) in [6, 6.07) is 4.18. The number of nitrogens with two attached hydrogens (primary N) is 1. The Hall–Kier alpha value is -1.29. The Bertz CT molecular complexity index is 517. The molecule has 4 nitrogen and oxygen atoms in total. The fourth-order valence-electron chi connectivity index (χ4n) is 4.47. The van der Waals surface area contributed by atoms with Gasteiger partial charge in [0, 0.05) is 30.5 Å². The van der Waals surface area contributed by atoms with Gasteiger partial charge >= 0.3 is 0 Å². The second kappa shape index (κ2) is 9.42. The van der Waals surface area contributed by atoms with Gasteiger partial charge in [0.1, 0.15) is 5.82 Å². The predicted molar refractivity (Wildman–Crippen MR) is 107 cm³/mol. The number of aromatic nitrogens is 1. The summed E-state index contributed by atoms with van der Waals surface area (Å²) in [5.74, 6) is 2.36. The largest absolute Gasteiger partial charge is 0.385 e. The Morgan fingerprint density at radius 3 is 2.56 bits per heavy atom. The van der Waals surface area contributed by atoms with E-state index in [1.807, 2.05) is 6.07 Å². The maximum atomic E-state index is 6.03. The van der Waals surface area contributed by atoms with Crippen LogP contribution in [0.25, 0.3) is 0 Å². The average molecular weight is 345 g/mol. The monoisotopic (exact) mass is 344 g/mol. The highest BCUT2D eigenvalue weighted by molar-refractivity contribution is 5.51. The third-order valence-electron chi connectivity index (χ3n) is 5.94. The topological polar surface area (TPSA) is 54.2 Å². The second-order valence-electron chi connectivity index (χ2n) is 8.15. The number of rotatable bonds is 8. The first kappa shape index (κ1) is 18.5. The summed E-state index contributed by atoms with van der Waals surface area (Å²) in [6.45, 7) is 7.24. The highest BCUT2D eigenvalue weighted by atomic mass is 15.1. The normalized spacial score (nSPS) is 24.5. The Morgan fingerprint density at radius 1 is 1.12 bits per heavy atom. The molecule has 1 aliphatic carbocycles. The lowest BCUT2D eigenvalue weighted by atomic mass is 9.79. The summed E-state index contributed by atoms with van der Waals surface area (Å²) in [5.41, 5.74) is 8.33. The van der Waals surface area contributed by atoms with Crippen LogP contribution in [0.15, 0.2) is 12.1 Å². The molecule has 140 valence electrons. The number of nitrogens with zero attached hydrogens (tertiary/aromatic N) is 2. The van der Waals surface area contributed by atoms with Crippen molar-refractivity contribution in [2.75, 3.05) is 37.2 Å². The van der Waals surface area contributed by atoms with E-state index in [-0.39, 0.29) is 0 Å². The van der Waals surface area contributed by atoms with E-state index < -0.39 is 0 Å². The molecule has 2 aliphatic rings. The van der Waals surface area contributed by atoms with Crippen LogP contribution in [-0.4, -0.2) is 36.1 Å². The van der Waals surface area contributed by atoms with Gasteiger partial charge in [-0.15, -0.1) is 0 Å². The van der Waals surface area contributed by atoms with Gasteiger partial charge in [-0.1, -0.05) is 13.3 Å². The minimum Gasteiger partial charge on any atom is -0.385 e. The third-order valence-corrected chi connectivity index (χ3v) is 5.94. The van der Waals surface area contributed by atoms with Gasteiger partial charge in [0.15, 0.2) is 0 Å². The fraction of sp³-hybridized carbons (Fsp3) is 0.762. The lowest BCUT2D eigenvalue weighted by Crippen LogP contribution is -2.29. The van der Waals surface area contributed by atoms with Crippen molar-refractivity contribution in [3.63, 3.8) is 0 Å². The molecule has 0 unspecified atom stereocenters. The minimum atomic E-state index is 0.652. The molecule has 0 bridgehead atoms. The van der Waals surface area contributed by atoms with Crippen LogP contribution in [0.4, 0.5) is 11.5 Å². The molecule has 0 spiro atoms. The lowest BCUT2D eigenvalue weighted by molar-refractivity contribution is 0.202. The molecule has 25 heavy (non-hydrogen) atoms. The van der Waals surface area contributed by atoms with Crippen LogP contribution in [0.1, 0.15) is 64.0 Å². The van der Waals surface area contributed by atoms with Crippen LogP contribution in [-0.2, 0) is 6.42 Å². The van der Waals surface area contributed by atoms with Crippen molar-refractivity contribution in [2.24, 2.45) is 11.8 Å². The maximum absolute atomic E-state index is 6.03. The number of hydrogen-bond donors (Lipinski definition) is 2. The van der Waals surface area contributed by atoms with Crippen LogP contribution in [0, 0.1) is 11.8 Å². The first-order valence-corrected chi connectivity index (χ1v) is 10.5. The standard InChI is InChI=1S/C21H36N4/c1-2-3-10-23-19-14-20(24-21(22)15-19)13-17-6-8-18(9-7-17)16-25-11-4-5-12-25/h14-15,17-18H,2-13,16H2,1H3,(H3,22,23,24). The first-order valence-electron chi connectivity index (χ1n) is 10.5. The van der Waals surface area contributed by atoms with Crippen molar-refractivity contribution in [3.8, 4) is 0 Å². The molecule has 0 atom stereocenters. The molecule has 3 N–H and O–H groups in total. The number of unbranched alkanes of at least 4 members (excludes halogenated alkanes) is 1. The van der Waals surface area contributed by atoms with Crippen molar-refractivity contribution in [2.45, 2.75) is 64.7 Å². The van der Waals surface area contributed by atoms with E-state index in [9.17, 15) is 0 Å². The Kier molecular flexibility index (Phi) is 6.97. The summed E-state index contributed by atoms with van der Waals surface area (Å²) >= 11 is 0. The smallest absolute Gasteiger partial charge is 0.125 e. The van der Waals surface area contributed by atoms with Gasteiger partial charge in [-0.05, 0) is 82.4 Å². The van der Waals surface area contributed by atoms with Crippen LogP contribution in [0.2, 0.25) is 0 Å². The lowest BCUT2D eigenvalue weighted by Gasteiger charge is -2.31. The van der Waals surface area contributed by atoms with E-state index >= 15 is 0 Å². The quantitative estimate of drug-likeness (QED) is 0.690. The van der Waals surface area contributed by atoms with E-state index in [1.54, 1.807) is 0 Å². The first-order chi connectivity index (χ1) is 12.2. The second-order valence-corrected chi connectivity index (χ2v) is 8.15. The highest BCUT2D eigenvalue weighted by Crippen LogP contribution is 2.32. The number of likely N-dealkylation sites (tertiary alicyclic amines) is 1. The number of anilines is 2. The molecule has 1 aliphatic heterocycles. The number of hydrogen-bond acceptors (Lipinski definition) is 4. The maximum Gasteiger partial charge on any atom is 0.125 e. The molecule has 3 rings (SSSR count). The van der Waals surface area contributed by atoms with E-state index in [1.165, 1.54) is 76.7 Å². The molecular formula is C21H36N4. The van der Waals surface area contributed by atoms with Crippen molar-refractivity contribution in [1.29, 1.82) is 0 Å². The molecule has 0 aromatic carbocycles. The highest BCUT2D eigenvalue weighted by Gasteiger charge is 2.24. The van der Waals surface area contributed by atoms with Crippen molar-refractivity contribution >= 4 is 11.5 Å². The van der Waals surface area contributed by atoms with E-state index in [2.05, 4.69) is 28.2 Å². The minimum absolute atomic E-state index is 0.652. The van der Waals surface area contributed by atoms with E-state index in [0.29, 0.717) is 5.82 Å². The van der Waals surface area contributed by atoms with Crippen molar-refractivity contribution in [1.82, 2.24) is 9.88 Å². The van der Waals surface area contributed by atoms with Gasteiger partial charge in [-0.2, -0.15) is 0 Å². The van der Waals surface area contributed by atoms with Gasteiger partial charge in [0.25, 0.3) is 0 Å². The Morgan fingerprint density at radius 2 is 1.84 bits per heavy atom. The van der Waals surface area contributed by atoms with Crippen LogP contribution in [0.5, 0.6) is 0 Å². The van der Waals surface area contributed by atoms with Gasteiger partial charge in [0.2, 0.25) is 0 Å². The molecule has 4 heteroatoms. The molecule has 2 heterocycles. The molecule has 1 aromatic heterocycles. The molecule has 0 amide bonds. The predicted octanol–water partition coefficient (Wildman–Crippen LogP) is 4.32. The molecular weight excluding hydrogens is 308 g/mol. The van der Waals surface area contributed by atoms with Crippen LogP contribution < -0.4 is 11.1 Å². The van der Waals surface area contributed by atoms with E-state index in [4.69, 9.17) is 5.73 Å². The molecule has 1 aromatic rings. The number of nitrogen functional groups attached to an aromatic ring is 1.